The Morgan fingerprint density at radius 3 is 2.30 bits per heavy atom. The molecule has 0 atom stereocenters. The number of hydrogen-bond acceptors (Lipinski definition) is 3. The highest BCUT2D eigenvalue weighted by atomic mass is 14.9. The first kappa shape index (κ1) is 13.4. The second kappa shape index (κ2) is 5.18. The summed E-state index contributed by atoms with van der Waals surface area (Å²) in [6, 6.07) is 21.7. The van der Waals surface area contributed by atoms with E-state index in [1.54, 1.807) is 0 Å². The third-order valence-corrected chi connectivity index (χ3v) is 3.94. The highest BCUT2D eigenvalue weighted by Crippen LogP contribution is 2.29. The lowest BCUT2D eigenvalue weighted by Crippen LogP contribution is -1.88. The average molecular weight is 300 g/mol. The predicted molar refractivity (Wildman–Crippen MR) is 95.8 cm³/mol. The van der Waals surface area contributed by atoms with Crippen LogP contribution in [0.5, 0.6) is 0 Å². The van der Waals surface area contributed by atoms with Gasteiger partial charge in [-0.1, -0.05) is 24.3 Å². The first-order chi connectivity index (χ1) is 11.2. The van der Waals surface area contributed by atoms with Crippen LogP contribution in [0.4, 0.5) is 11.4 Å². The molecule has 23 heavy (non-hydrogen) atoms. The van der Waals surface area contributed by atoms with Crippen LogP contribution in [0.15, 0.2) is 66.7 Å². The number of benzene rings is 3. The quantitative estimate of drug-likeness (QED) is 0.488. The van der Waals surface area contributed by atoms with Gasteiger partial charge in [0.15, 0.2) is 0 Å². The van der Waals surface area contributed by atoms with Crippen molar-refractivity contribution in [1.82, 2.24) is 9.97 Å². The zero-order valence-corrected chi connectivity index (χ0v) is 12.5. The summed E-state index contributed by atoms with van der Waals surface area (Å²) in [5.74, 6) is 0.832. The number of anilines is 2. The molecular formula is C19H16N4. The molecule has 0 radical (unpaired) electrons. The summed E-state index contributed by atoms with van der Waals surface area (Å²) in [6.07, 6.45) is 0. The van der Waals surface area contributed by atoms with Crippen LogP contribution in [-0.2, 0) is 0 Å². The first-order valence-corrected chi connectivity index (χ1v) is 7.41. The summed E-state index contributed by atoms with van der Waals surface area (Å²) >= 11 is 0. The molecule has 4 heteroatoms. The van der Waals surface area contributed by atoms with Crippen LogP contribution in [0, 0.1) is 0 Å². The molecule has 0 saturated carbocycles. The Bertz CT molecular complexity index is 984. The minimum absolute atomic E-state index is 0.742. The maximum Gasteiger partial charge on any atom is 0.138 e. The van der Waals surface area contributed by atoms with Gasteiger partial charge in [0, 0.05) is 22.5 Å². The molecule has 0 saturated heterocycles. The lowest BCUT2D eigenvalue weighted by atomic mass is 10.0. The van der Waals surface area contributed by atoms with Crippen LogP contribution < -0.4 is 11.5 Å². The third-order valence-electron chi connectivity index (χ3n) is 3.94. The Kier molecular flexibility index (Phi) is 3.01. The average Bonchev–Trinajstić information content (AvgIpc) is 2.99. The largest absolute Gasteiger partial charge is 0.399 e. The SMILES string of the molecule is Nc1ccc(-c2nc3ccc(-c4ccccc4N)cc3[nH]2)cc1. The van der Waals surface area contributed by atoms with Crippen molar-refractivity contribution in [2.24, 2.45) is 0 Å². The van der Waals surface area contributed by atoms with Crippen molar-refractivity contribution in [2.75, 3.05) is 11.5 Å². The number of rotatable bonds is 2. The van der Waals surface area contributed by atoms with Crippen molar-refractivity contribution in [1.29, 1.82) is 0 Å². The van der Waals surface area contributed by atoms with E-state index in [-0.39, 0.29) is 0 Å². The molecule has 0 spiro atoms. The van der Waals surface area contributed by atoms with E-state index in [9.17, 15) is 0 Å². The van der Waals surface area contributed by atoms with Gasteiger partial charge < -0.3 is 16.5 Å². The van der Waals surface area contributed by atoms with E-state index in [0.29, 0.717) is 0 Å². The number of para-hydroxylation sites is 1. The number of nitrogens with two attached hydrogens (primary N) is 2. The van der Waals surface area contributed by atoms with E-state index in [0.717, 1.165) is 44.9 Å². The van der Waals surface area contributed by atoms with Gasteiger partial charge in [-0.3, -0.25) is 0 Å². The van der Waals surface area contributed by atoms with Gasteiger partial charge in [0.05, 0.1) is 11.0 Å². The van der Waals surface area contributed by atoms with Crippen molar-refractivity contribution in [3.63, 3.8) is 0 Å². The Morgan fingerprint density at radius 1 is 0.783 bits per heavy atom. The second-order valence-corrected chi connectivity index (χ2v) is 5.53. The van der Waals surface area contributed by atoms with Gasteiger partial charge in [-0.15, -0.1) is 0 Å². The lowest BCUT2D eigenvalue weighted by Gasteiger charge is -2.05. The summed E-state index contributed by atoms with van der Waals surface area (Å²) in [5.41, 5.74) is 18.3. The van der Waals surface area contributed by atoms with E-state index in [2.05, 4.69) is 16.0 Å². The third kappa shape index (κ3) is 2.40. The highest BCUT2D eigenvalue weighted by Gasteiger charge is 2.08. The highest BCUT2D eigenvalue weighted by molar-refractivity contribution is 5.87. The fourth-order valence-electron chi connectivity index (χ4n) is 2.71. The molecule has 4 rings (SSSR count). The Hall–Kier alpha value is -3.27. The maximum atomic E-state index is 6.07. The topological polar surface area (TPSA) is 80.7 Å². The summed E-state index contributed by atoms with van der Waals surface area (Å²) in [6.45, 7) is 0. The van der Waals surface area contributed by atoms with Gasteiger partial charge in [-0.05, 0) is 48.0 Å². The first-order valence-electron chi connectivity index (χ1n) is 7.41. The molecule has 0 aliphatic rings. The fourth-order valence-corrected chi connectivity index (χ4v) is 2.71. The van der Waals surface area contributed by atoms with Gasteiger partial charge in [0.2, 0.25) is 0 Å². The van der Waals surface area contributed by atoms with Crippen LogP contribution in [0.2, 0.25) is 0 Å². The summed E-state index contributed by atoms with van der Waals surface area (Å²) in [5, 5.41) is 0. The Labute approximate surface area is 133 Å². The normalized spacial score (nSPS) is 11.0. The number of nitrogens with zero attached hydrogens (tertiary/aromatic N) is 1. The molecule has 1 aromatic heterocycles. The number of hydrogen-bond donors (Lipinski definition) is 3. The van der Waals surface area contributed by atoms with E-state index in [1.807, 2.05) is 60.7 Å². The number of aromatic nitrogens is 2. The maximum absolute atomic E-state index is 6.07. The van der Waals surface area contributed by atoms with Gasteiger partial charge in [-0.2, -0.15) is 0 Å². The summed E-state index contributed by atoms with van der Waals surface area (Å²) in [7, 11) is 0. The molecule has 3 aromatic carbocycles. The number of fused-ring (bicyclic) bond motifs is 1. The van der Waals surface area contributed by atoms with Crippen molar-refractivity contribution in [3.05, 3.63) is 66.7 Å². The second-order valence-electron chi connectivity index (χ2n) is 5.53. The number of aromatic amines is 1. The number of nitrogens with one attached hydrogen (secondary N) is 1. The molecule has 112 valence electrons. The molecule has 1 heterocycles. The van der Waals surface area contributed by atoms with E-state index in [1.165, 1.54) is 0 Å². The van der Waals surface area contributed by atoms with Crippen LogP contribution in [0.1, 0.15) is 0 Å². The number of imidazole rings is 1. The van der Waals surface area contributed by atoms with Gasteiger partial charge >= 0.3 is 0 Å². The molecule has 0 aliphatic carbocycles. The molecule has 0 unspecified atom stereocenters. The van der Waals surface area contributed by atoms with Crippen LogP contribution in [-0.4, -0.2) is 9.97 Å². The van der Waals surface area contributed by atoms with Crippen molar-refractivity contribution < 1.29 is 0 Å². The molecule has 0 aliphatic heterocycles. The molecule has 4 nitrogen and oxygen atoms in total. The van der Waals surface area contributed by atoms with E-state index >= 15 is 0 Å². The van der Waals surface area contributed by atoms with Gasteiger partial charge in [0.25, 0.3) is 0 Å². The summed E-state index contributed by atoms with van der Waals surface area (Å²) < 4.78 is 0. The van der Waals surface area contributed by atoms with Gasteiger partial charge in [0.1, 0.15) is 5.82 Å². The zero-order chi connectivity index (χ0) is 15.8. The molecule has 0 amide bonds. The zero-order valence-electron chi connectivity index (χ0n) is 12.5. The van der Waals surface area contributed by atoms with Crippen LogP contribution >= 0.6 is 0 Å². The number of nitrogen functional groups attached to an aromatic ring is 2. The van der Waals surface area contributed by atoms with Crippen LogP contribution in [0.3, 0.4) is 0 Å². The molecule has 5 N–H and O–H groups in total. The molecule has 4 aromatic rings. The minimum Gasteiger partial charge on any atom is -0.399 e. The standard InChI is InChI=1S/C19H16N4/c20-14-8-5-12(6-9-14)19-22-17-10-7-13(11-18(17)23-19)15-3-1-2-4-16(15)21/h1-11H,20-21H2,(H,22,23). The van der Waals surface area contributed by atoms with Crippen molar-refractivity contribution in [3.8, 4) is 22.5 Å². The lowest BCUT2D eigenvalue weighted by molar-refractivity contribution is 1.34. The fraction of sp³-hybridized carbons (Fsp3) is 0. The van der Waals surface area contributed by atoms with Crippen LogP contribution in [0.25, 0.3) is 33.5 Å². The Morgan fingerprint density at radius 2 is 1.52 bits per heavy atom. The molecule has 0 bridgehead atoms. The minimum atomic E-state index is 0.742. The smallest absolute Gasteiger partial charge is 0.138 e. The Balaban J connectivity index is 1.81. The van der Waals surface area contributed by atoms with Gasteiger partial charge in [-0.25, -0.2) is 4.98 Å². The number of H-pyrrole nitrogens is 1. The van der Waals surface area contributed by atoms with E-state index < -0.39 is 0 Å². The summed E-state index contributed by atoms with van der Waals surface area (Å²) in [4.78, 5) is 8.01. The molecular weight excluding hydrogens is 284 g/mol. The van der Waals surface area contributed by atoms with Crippen molar-refractivity contribution in [2.45, 2.75) is 0 Å². The van der Waals surface area contributed by atoms with E-state index in [4.69, 9.17) is 11.5 Å². The monoisotopic (exact) mass is 300 g/mol. The van der Waals surface area contributed by atoms with Crippen molar-refractivity contribution >= 4 is 22.4 Å². The molecule has 0 fully saturated rings. The predicted octanol–water partition coefficient (Wildman–Crippen LogP) is 4.06.